The van der Waals surface area contributed by atoms with Crippen molar-refractivity contribution in [3.63, 3.8) is 0 Å². The molecule has 0 aliphatic heterocycles. The number of rotatable bonds is 11. The number of aliphatic hydroxyl groups is 1. The van der Waals surface area contributed by atoms with Gasteiger partial charge in [-0.1, -0.05) is 101 Å². The average Bonchev–Trinajstić information content (AvgIpc) is 2.73. The molecular weight excluding hydrogens is 344 g/mol. The van der Waals surface area contributed by atoms with Gasteiger partial charge in [-0.2, -0.15) is 0 Å². The van der Waals surface area contributed by atoms with Crippen molar-refractivity contribution >= 4 is 0 Å². The first-order valence-corrected chi connectivity index (χ1v) is 10.7. The lowest BCUT2D eigenvalue weighted by molar-refractivity contribution is -0.0138. The molecule has 28 heavy (non-hydrogen) atoms. The largest absolute Gasteiger partial charge is 0.390 e. The minimum absolute atomic E-state index is 0.00872. The zero-order chi connectivity index (χ0) is 20.5. The molecule has 0 bridgehead atoms. The molecule has 3 N–H and O–H groups in total. The molecule has 3 nitrogen and oxygen atoms in total. The van der Waals surface area contributed by atoms with Gasteiger partial charge in [0, 0.05) is 25.2 Å². The lowest BCUT2D eigenvalue weighted by Gasteiger charge is -2.41. The number of benzene rings is 2. The van der Waals surface area contributed by atoms with Crippen LogP contribution in [0.3, 0.4) is 0 Å². The number of nitrogens with zero attached hydrogens (tertiary/aromatic N) is 1. The van der Waals surface area contributed by atoms with Gasteiger partial charge in [-0.3, -0.25) is 4.90 Å². The SMILES string of the molecule is CC[C@H](C)[C@H](N)[C@H](O)[C@H]([C@@H](C)CC)N(Cc1ccccc1)Cc1ccccc1. The van der Waals surface area contributed by atoms with E-state index in [1.807, 2.05) is 12.1 Å². The maximum absolute atomic E-state index is 11.3. The number of aliphatic hydroxyl groups excluding tert-OH is 1. The Bertz CT molecular complexity index is 619. The van der Waals surface area contributed by atoms with Crippen LogP contribution in [0.25, 0.3) is 0 Å². The zero-order valence-electron chi connectivity index (χ0n) is 18.0. The normalized spacial score (nSPS) is 17.1. The highest BCUT2D eigenvalue weighted by molar-refractivity contribution is 5.18. The second-order valence-corrected chi connectivity index (χ2v) is 8.21. The molecule has 0 aliphatic rings. The molecule has 2 rings (SSSR count). The molecule has 0 saturated carbocycles. The van der Waals surface area contributed by atoms with Gasteiger partial charge in [-0.05, 0) is 23.0 Å². The van der Waals surface area contributed by atoms with Crippen molar-refractivity contribution in [3.05, 3.63) is 71.8 Å². The van der Waals surface area contributed by atoms with Gasteiger partial charge >= 0.3 is 0 Å². The minimum Gasteiger partial charge on any atom is -0.390 e. The summed E-state index contributed by atoms with van der Waals surface area (Å²) in [6.07, 6.45) is 1.43. The molecular formula is C25H38N2O. The topological polar surface area (TPSA) is 49.5 Å². The first kappa shape index (κ1) is 22.6. The summed E-state index contributed by atoms with van der Waals surface area (Å²) in [6.45, 7) is 10.3. The highest BCUT2D eigenvalue weighted by Crippen LogP contribution is 2.26. The van der Waals surface area contributed by atoms with Crippen LogP contribution in [-0.4, -0.2) is 28.2 Å². The molecule has 0 unspecified atom stereocenters. The first-order valence-electron chi connectivity index (χ1n) is 10.7. The van der Waals surface area contributed by atoms with Crippen molar-refractivity contribution in [2.45, 2.75) is 71.8 Å². The molecule has 0 fully saturated rings. The lowest BCUT2D eigenvalue weighted by atomic mass is 9.84. The van der Waals surface area contributed by atoms with Gasteiger partial charge in [0.15, 0.2) is 0 Å². The van der Waals surface area contributed by atoms with Crippen LogP contribution < -0.4 is 5.73 Å². The molecule has 0 radical (unpaired) electrons. The van der Waals surface area contributed by atoms with E-state index in [1.54, 1.807) is 0 Å². The van der Waals surface area contributed by atoms with E-state index in [9.17, 15) is 5.11 Å². The van der Waals surface area contributed by atoms with E-state index in [2.05, 4.69) is 81.1 Å². The molecule has 2 aromatic carbocycles. The molecule has 0 spiro atoms. The molecule has 2 aromatic rings. The molecule has 3 heteroatoms. The number of nitrogens with two attached hydrogens (primary N) is 1. The van der Waals surface area contributed by atoms with Crippen LogP contribution in [0.5, 0.6) is 0 Å². The predicted molar refractivity (Wildman–Crippen MR) is 119 cm³/mol. The zero-order valence-corrected chi connectivity index (χ0v) is 18.0. The maximum Gasteiger partial charge on any atom is 0.0851 e. The van der Waals surface area contributed by atoms with E-state index in [0.29, 0.717) is 5.92 Å². The third-order valence-corrected chi connectivity index (χ3v) is 6.15. The molecule has 0 saturated heterocycles. The van der Waals surface area contributed by atoms with Crippen molar-refractivity contribution in [2.24, 2.45) is 17.6 Å². The third kappa shape index (κ3) is 6.16. The average molecular weight is 383 g/mol. The van der Waals surface area contributed by atoms with Crippen LogP contribution in [0.4, 0.5) is 0 Å². The number of hydrogen-bond acceptors (Lipinski definition) is 3. The van der Waals surface area contributed by atoms with Crippen molar-refractivity contribution in [1.82, 2.24) is 4.90 Å². The van der Waals surface area contributed by atoms with Crippen LogP contribution in [0, 0.1) is 11.8 Å². The number of hydrogen-bond donors (Lipinski definition) is 2. The van der Waals surface area contributed by atoms with Crippen molar-refractivity contribution in [2.75, 3.05) is 0 Å². The summed E-state index contributed by atoms with van der Waals surface area (Å²) in [5, 5.41) is 11.3. The van der Waals surface area contributed by atoms with Crippen molar-refractivity contribution < 1.29 is 5.11 Å². The van der Waals surface area contributed by atoms with Gasteiger partial charge in [-0.25, -0.2) is 0 Å². The Labute approximate surface area is 171 Å². The standard InChI is InChI=1S/C25H38N2O/c1-5-19(3)23(26)25(28)24(20(4)6-2)27(17-21-13-9-7-10-14-21)18-22-15-11-8-12-16-22/h7-16,19-20,23-25,28H,5-6,17-18,26H2,1-4H3/t19-,20-,23-,24-,25-/m0/s1. The van der Waals surface area contributed by atoms with E-state index < -0.39 is 6.10 Å². The smallest absolute Gasteiger partial charge is 0.0851 e. The molecule has 0 amide bonds. The Morgan fingerprint density at radius 2 is 1.21 bits per heavy atom. The highest BCUT2D eigenvalue weighted by Gasteiger charge is 2.35. The maximum atomic E-state index is 11.3. The fourth-order valence-corrected chi connectivity index (χ4v) is 3.89. The quantitative estimate of drug-likeness (QED) is 0.585. The van der Waals surface area contributed by atoms with Gasteiger partial charge in [0.1, 0.15) is 0 Å². The Kier molecular flexibility index (Phi) is 9.17. The van der Waals surface area contributed by atoms with Crippen LogP contribution in [0.1, 0.15) is 51.7 Å². The molecule has 5 atom stereocenters. The Hall–Kier alpha value is -1.68. The molecule has 154 valence electrons. The molecule has 0 aliphatic carbocycles. The van der Waals surface area contributed by atoms with Gasteiger partial charge in [0.2, 0.25) is 0 Å². The molecule has 0 aromatic heterocycles. The monoisotopic (exact) mass is 382 g/mol. The lowest BCUT2D eigenvalue weighted by Crippen LogP contribution is -2.55. The van der Waals surface area contributed by atoms with Crippen LogP contribution >= 0.6 is 0 Å². The van der Waals surface area contributed by atoms with E-state index in [0.717, 1.165) is 25.9 Å². The van der Waals surface area contributed by atoms with Gasteiger partial charge < -0.3 is 10.8 Å². The summed E-state index contributed by atoms with van der Waals surface area (Å²) in [4.78, 5) is 2.42. The summed E-state index contributed by atoms with van der Waals surface area (Å²) in [7, 11) is 0. The highest BCUT2D eigenvalue weighted by atomic mass is 16.3. The Morgan fingerprint density at radius 1 is 0.786 bits per heavy atom. The van der Waals surface area contributed by atoms with Gasteiger partial charge in [-0.15, -0.1) is 0 Å². The first-order chi connectivity index (χ1) is 13.5. The van der Waals surface area contributed by atoms with Crippen molar-refractivity contribution in [1.29, 1.82) is 0 Å². The fourth-order valence-electron chi connectivity index (χ4n) is 3.89. The van der Waals surface area contributed by atoms with E-state index in [4.69, 9.17) is 5.73 Å². The third-order valence-electron chi connectivity index (χ3n) is 6.15. The predicted octanol–water partition coefficient (Wildman–Crippen LogP) is 4.84. The van der Waals surface area contributed by atoms with Gasteiger partial charge in [0.25, 0.3) is 0 Å². The van der Waals surface area contributed by atoms with Crippen LogP contribution in [0.2, 0.25) is 0 Å². The van der Waals surface area contributed by atoms with Crippen LogP contribution in [-0.2, 0) is 13.1 Å². The summed E-state index contributed by atoms with van der Waals surface area (Å²) in [6, 6.07) is 20.8. The second-order valence-electron chi connectivity index (χ2n) is 8.21. The Morgan fingerprint density at radius 3 is 1.61 bits per heavy atom. The second kappa shape index (κ2) is 11.4. The minimum atomic E-state index is -0.558. The van der Waals surface area contributed by atoms with Crippen molar-refractivity contribution in [3.8, 4) is 0 Å². The molecule has 0 heterocycles. The van der Waals surface area contributed by atoms with Crippen LogP contribution in [0.15, 0.2) is 60.7 Å². The van der Waals surface area contributed by atoms with Gasteiger partial charge in [0.05, 0.1) is 6.10 Å². The fraction of sp³-hybridized carbons (Fsp3) is 0.520. The van der Waals surface area contributed by atoms with E-state index in [-0.39, 0.29) is 18.0 Å². The van der Waals surface area contributed by atoms with E-state index in [1.165, 1.54) is 11.1 Å². The Balaban J connectivity index is 2.35. The summed E-state index contributed by atoms with van der Waals surface area (Å²) in [5.41, 5.74) is 9.03. The summed E-state index contributed by atoms with van der Waals surface area (Å²) in [5.74, 6) is 0.634. The van der Waals surface area contributed by atoms with E-state index >= 15 is 0 Å². The summed E-state index contributed by atoms with van der Waals surface area (Å²) >= 11 is 0. The summed E-state index contributed by atoms with van der Waals surface area (Å²) < 4.78 is 0.